The standard InChI is InChI=1S/C25H23F3N4O3/c1-13(19-6-3-7-20(29)31-19)21-18(23(33)35-24(30)34)12-15-4-2-5-17(22(15)32-21)14-8-10-16(11-9-14)25(26,27)28/h2-8,12-13,16H,9-11H2,1H3,(H2,29,31)(H2,30,34)/t13-,16?/m0/s1. The monoisotopic (exact) mass is 484 g/mol. The Labute approximate surface area is 199 Å². The van der Waals surface area contributed by atoms with Crippen molar-refractivity contribution in [1.82, 2.24) is 9.97 Å². The van der Waals surface area contributed by atoms with E-state index in [1.54, 1.807) is 49.4 Å². The molecule has 2 atom stereocenters. The summed E-state index contributed by atoms with van der Waals surface area (Å²) >= 11 is 0. The predicted octanol–water partition coefficient (Wildman–Crippen LogP) is 5.35. The fraction of sp³-hybridized carbons (Fsp3) is 0.280. The summed E-state index contributed by atoms with van der Waals surface area (Å²) in [6, 6.07) is 11.9. The number of rotatable bonds is 4. The number of carbonyl (C=O) groups is 2. The van der Waals surface area contributed by atoms with Crippen LogP contribution in [0.5, 0.6) is 0 Å². The molecule has 4 rings (SSSR count). The predicted molar refractivity (Wildman–Crippen MR) is 124 cm³/mol. The molecule has 1 aliphatic carbocycles. The number of fused-ring (bicyclic) bond motifs is 1. The summed E-state index contributed by atoms with van der Waals surface area (Å²) < 4.78 is 44.0. The average Bonchev–Trinajstić information content (AvgIpc) is 2.81. The van der Waals surface area contributed by atoms with E-state index in [-0.39, 0.29) is 36.3 Å². The Morgan fingerprint density at radius 2 is 1.89 bits per heavy atom. The van der Waals surface area contributed by atoms with Gasteiger partial charge in [0.05, 0.1) is 28.4 Å². The molecule has 1 aromatic carbocycles. The maximum atomic E-state index is 13.1. The Hall–Kier alpha value is -3.95. The molecule has 0 bridgehead atoms. The topological polar surface area (TPSA) is 121 Å². The van der Waals surface area contributed by atoms with Crippen LogP contribution in [0.3, 0.4) is 0 Å². The zero-order valence-electron chi connectivity index (χ0n) is 18.8. The lowest BCUT2D eigenvalue weighted by Gasteiger charge is -2.25. The van der Waals surface area contributed by atoms with Crippen molar-refractivity contribution in [2.24, 2.45) is 11.7 Å². The highest BCUT2D eigenvalue weighted by atomic mass is 19.4. The van der Waals surface area contributed by atoms with Gasteiger partial charge in [0.15, 0.2) is 0 Å². The van der Waals surface area contributed by atoms with Crippen molar-refractivity contribution in [2.45, 2.75) is 38.3 Å². The summed E-state index contributed by atoms with van der Waals surface area (Å²) in [6.07, 6.45) is -3.74. The highest BCUT2D eigenvalue weighted by Gasteiger charge is 2.39. The molecule has 0 saturated heterocycles. The van der Waals surface area contributed by atoms with E-state index in [2.05, 4.69) is 9.72 Å². The molecule has 3 aromatic rings. The van der Waals surface area contributed by atoms with Crippen molar-refractivity contribution in [3.05, 3.63) is 71.1 Å². The Morgan fingerprint density at radius 3 is 2.51 bits per heavy atom. The van der Waals surface area contributed by atoms with Crippen molar-refractivity contribution < 1.29 is 27.5 Å². The third-order valence-electron chi connectivity index (χ3n) is 6.15. The average molecular weight is 484 g/mol. The molecule has 10 heteroatoms. The van der Waals surface area contributed by atoms with E-state index in [0.29, 0.717) is 22.2 Å². The zero-order valence-corrected chi connectivity index (χ0v) is 18.8. The van der Waals surface area contributed by atoms with Crippen LogP contribution in [-0.2, 0) is 4.74 Å². The van der Waals surface area contributed by atoms with Crippen molar-refractivity contribution in [1.29, 1.82) is 0 Å². The van der Waals surface area contributed by atoms with Gasteiger partial charge in [-0.25, -0.2) is 14.6 Å². The van der Waals surface area contributed by atoms with Crippen LogP contribution in [0.15, 0.2) is 48.5 Å². The Morgan fingerprint density at radius 1 is 1.14 bits per heavy atom. The number of alkyl halides is 3. The van der Waals surface area contributed by atoms with Crippen LogP contribution >= 0.6 is 0 Å². The van der Waals surface area contributed by atoms with Gasteiger partial charge in [-0.2, -0.15) is 13.2 Å². The van der Waals surface area contributed by atoms with Crippen molar-refractivity contribution in [2.75, 3.05) is 5.73 Å². The van der Waals surface area contributed by atoms with Gasteiger partial charge < -0.3 is 16.2 Å². The molecule has 1 amide bonds. The fourth-order valence-electron chi connectivity index (χ4n) is 4.34. The number of pyridine rings is 2. The first kappa shape index (κ1) is 24.2. The molecule has 7 nitrogen and oxygen atoms in total. The van der Waals surface area contributed by atoms with Gasteiger partial charge in [-0.3, -0.25) is 4.98 Å². The first-order chi connectivity index (χ1) is 16.5. The zero-order chi connectivity index (χ0) is 25.3. The summed E-state index contributed by atoms with van der Waals surface area (Å²) in [7, 11) is 0. The Balaban J connectivity index is 1.85. The first-order valence-corrected chi connectivity index (χ1v) is 11.0. The number of amides is 1. The second kappa shape index (κ2) is 9.36. The molecule has 182 valence electrons. The maximum Gasteiger partial charge on any atom is 0.412 e. The van der Waals surface area contributed by atoms with Gasteiger partial charge in [0, 0.05) is 16.9 Å². The minimum atomic E-state index is -4.23. The summed E-state index contributed by atoms with van der Waals surface area (Å²) in [6.45, 7) is 1.77. The third kappa shape index (κ3) is 5.11. The van der Waals surface area contributed by atoms with Gasteiger partial charge in [0.25, 0.3) is 0 Å². The lowest BCUT2D eigenvalue weighted by Crippen LogP contribution is -2.24. The van der Waals surface area contributed by atoms with Crippen LogP contribution in [0.1, 0.15) is 59.4 Å². The second-order valence-corrected chi connectivity index (χ2v) is 8.46. The number of para-hydroxylation sites is 1. The minimum absolute atomic E-state index is 0.00872. The highest BCUT2D eigenvalue weighted by Crippen LogP contribution is 2.41. The van der Waals surface area contributed by atoms with E-state index >= 15 is 0 Å². The summed E-state index contributed by atoms with van der Waals surface area (Å²) in [5, 5.41) is 0.564. The lowest BCUT2D eigenvalue weighted by atomic mass is 9.85. The Bertz CT molecular complexity index is 1340. The number of nitrogen functional groups attached to an aromatic ring is 1. The van der Waals surface area contributed by atoms with Crippen LogP contribution in [0.4, 0.5) is 23.8 Å². The van der Waals surface area contributed by atoms with E-state index in [1.165, 1.54) is 6.07 Å². The van der Waals surface area contributed by atoms with Gasteiger partial charge in [-0.1, -0.05) is 37.3 Å². The molecule has 35 heavy (non-hydrogen) atoms. The normalized spacial score (nSPS) is 17.0. The van der Waals surface area contributed by atoms with E-state index < -0.39 is 30.1 Å². The molecule has 0 aliphatic heterocycles. The third-order valence-corrected chi connectivity index (χ3v) is 6.15. The maximum absolute atomic E-state index is 13.1. The number of nitrogens with zero attached hydrogens (tertiary/aromatic N) is 2. The molecule has 4 N–H and O–H groups in total. The van der Waals surface area contributed by atoms with E-state index in [4.69, 9.17) is 16.5 Å². The molecular formula is C25H23F3N4O3. The number of esters is 1. The summed E-state index contributed by atoms with van der Waals surface area (Å²) in [5.41, 5.74) is 13.7. The number of hydrogen-bond acceptors (Lipinski definition) is 6. The van der Waals surface area contributed by atoms with E-state index in [1.807, 2.05) is 0 Å². The number of benzene rings is 1. The number of hydrogen-bond donors (Lipinski definition) is 2. The number of ether oxygens (including phenoxy) is 1. The van der Waals surface area contributed by atoms with Gasteiger partial charge in [-0.15, -0.1) is 0 Å². The van der Waals surface area contributed by atoms with Gasteiger partial charge in [0.1, 0.15) is 5.82 Å². The molecule has 0 saturated carbocycles. The molecule has 2 aromatic heterocycles. The van der Waals surface area contributed by atoms with Crippen LogP contribution in [0.2, 0.25) is 0 Å². The van der Waals surface area contributed by atoms with E-state index in [0.717, 1.165) is 5.57 Å². The van der Waals surface area contributed by atoms with Crippen LogP contribution < -0.4 is 11.5 Å². The van der Waals surface area contributed by atoms with Crippen LogP contribution in [0, 0.1) is 5.92 Å². The summed E-state index contributed by atoms with van der Waals surface area (Å²) in [4.78, 5) is 33.0. The van der Waals surface area contributed by atoms with Crippen molar-refractivity contribution in [3.8, 4) is 0 Å². The number of carbonyl (C=O) groups excluding carboxylic acids is 2. The summed E-state index contributed by atoms with van der Waals surface area (Å²) in [5.74, 6) is -2.58. The fourth-order valence-corrected chi connectivity index (χ4v) is 4.34. The first-order valence-electron chi connectivity index (χ1n) is 11.0. The van der Waals surface area contributed by atoms with Crippen molar-refractivity contribution in [3.63, 3.8) is 0 Å². The Kier molecular flexibility index (Phi) is 6.47. The number of anilines is 1. The molecule has 0 fully saturated rings. The molecule has 0 radical (unpaired) electrons. The smallest absolute Gasteiger partial charge is 0.384 e. The number of primary amides is 1. The minimum Gasteiger partial charge on any atom is -0.384 e. The molecule has 2 heterocycles. The van der Waals surface area contributed by atoms with E-state index in [9.17, 15) is 22.8 Å². The van der Waals surface area contributed by atoms with Gasteiger partial charge >= 0.3 is 18.2 Å². The lowest BCUT2D eigenvalue weighted by molar-refractivity contribution is -0.175. The quantitative estimate of drug-likeness (QED) is 0.381. The van der Waals surface area contributed by atoms with Gasteiger partial charge in [0.2, 0.25) is 0 Å². The SMILES string of the molecule is C[C@@H](c1cccc(N)n1)c1nc2c(C3=CCC(C(F)(F)F)CC3)cccc2cc1C(=O)OC(N)=O. The highest BCUT2D eigenvalue weighted by molar-refractivity contribution is 6.01. The van der Waals surface area contributed by atoms with Gasteiger partial charge in [-0.05, 0) is 43.0 Å². The number of halogens is 3. The second-order valence-electron chi connectivity index (χ2n) is 8.46. The number of allylic oxidation sites excluding steroid dienone is 2. The number of aromatic nitrogens is 2. The number of nitrogens with two attached hydrogens (primary N) is 2. The largest absolute Gasteiger partial charge is 0.412 e. The van der Waals surface area contributed by atoms with Crippen LogP contribution in [-0.4, -0.2) is 28.2 Å². The molecule has 0 spiro atoms. The molecular weight excluding hydrogens is 461 g/mol. The molecule has 1 unspecified atom stereocenters. The van der Waals surface area contributed by atoms with Crippen LogP contribution in [0.25, 0.3) is 16.5 Å². The van der Waals surface area contributed by atoms with Crippen molar-refractivity contribution >= 4 is 34.4 Å². The molecule has 1 aliphatic rings.